The number of benzene rings is 1. The largest absolute Gasteiger partial charge is 0.494 e. The predicted molar refractivity (Wildman–Crippen MR) is 63.0 cm³/mol. The van der Waals surface area contributed by atoms with Gasteiger partial charge in [0.25, 0.3) is 0 Å². The lowest BCUT2D eigenvalue weighted by atomic mass is 10.2. The average Bonchev–Trinajstić information content (AvgIpc) is 2.24. The van der Waals surface area contributed by atoms with Gasteiger partial charge >= 0.3 is 0 Å². The van der Waals surface area contributed by atoms with Crippen molar-refractivity contribution in [3.8, 4) is 17.6 Å². The highest BCUT2D eigenvalue weighted by Gasteiger charge is 2.01. The van der Waals surface area contributed by atoms with E-state index in [9.17, 15) is 9.18 Å². The Hall–Kier alpha value is -1.47. The normalized spacial score (nSPS) is 9.19. The van der Waals surface area contributed by atoms with Crippen LogP contribution >= 0.6 is 11.8 Å². The number of ether oxygens (including phenoxy) is 1. The van der Waals surface area contributed by atoms with Crippen molar-refractivity contribution in [1.82, 2.24) is 0 Å². The molecule has 1 aromatic carbocycles. The number of hydrogen-bond acceptors (Lipinski definition) is 3. The molecule has 0 saturated carbocycles. The molecule has 0 aromatic heterocycles. The van der Waals surface area contributed by atoms with Crippen LogP contribution < -0.4 is 4.74 Å². The summed E-state index contributed by atoms with van der Waals surface area (Å²) in [4.78, 5) is 10.6. The van der Waals surface area contributed by atoms with Gasteiger partial charge in [-0.05, 0) is 18.2 Å². The van der Waals surface area contributed by atoms with Crippen LogP contribution in [0.4, 0.5) is 4.39 Å². The fraction of sp³-hybridized carbons (Fsp3) is 0.250. The maximum atomic E-state index is 13.2. The third-order valence-corrected chi connectivity index (χ3v) is 2.43. The van der Waals surface area contributed by atoms with E-state index in [0.29, 0.717) is 11.3 Å². The molecule has 0 N–H and O–H groups in total. The number of halogens is 1. The minimum Gasteiger partial charge on any atom is -0.494 e. The summed E-state index contributed by atoms with van der Waals surface area (Å²) < 4.78 is 18.0. The van der Waals surface area contributed by atoms with Crippen molar-refractivity contribution < 1.29 is 13.9 Å². The first-order valence-electron chi connectivity index (χ1n) is 4.59. The van der Waals surface area contributed by atoms with Gasteiger partial charge in [0.05, 0.1) is 12.9 Å². The molecule has 2 nitrogen and oxygen atoms in total. The highest BCUT2D eigenvalue weighted by atomic mass is 32.2. The van der Waals surface area contributed by atoms with Crippen LogP contribution in [0.5, 0.6) is 5.75 Å². The lowest BCUT2D eigenvalue weighted by Gasteiger charge is -2.00. The van der Waals surface area contributed by atoms with Crippen molar-refractivity contribution in [3.05, 3.63) is 29.6 Å². The SMILES string of the molecule is COc1ccc(C#CCSC(C)=O)cc1F. The first-order valence-corrected chi connectivity index (χ1v) is 5.58. The Morgan fingerprint density at radius 1 is 1.56 bits per heavy atom. The minimum atomic E-state index is -0.437. The standard InChI is InChI=1S/C12H11FO2S/c1-9(14)16-7-3-4-10-5-6-12(15-2)11(13)8-10/h5-6,8H,7H2,1-2H3. The van der Waals surface area contributed by atoms with Crippen molar-refractivity contribution in [2.45, 2.75) is 6.92 Å². The van der Waals surface area contributed by atoms with Crippen LogP contribution in [-0.4, -0.2) is 18.0 Å². The van der Waals surface area contributed by atoms with Gasteiger partial charge in [0.15, 0.2) is 16.7 Å². The summed E-state index contributed by atoms with van der Waals surface area (Å²) >= 11 is 1.13. The van der Waals surface area contributed by atoms with Crippen LogP contribution in [0.25, 0.3) is 0 Å². The van der Waals surface area contributed by atoms with Gasteiger partial charge in [-0.3, -0.25) is 4.79 Å². The molecule has 0 aliphatic heterocycles. The summed E-state index contributed by atoms with van der Waals surface area (Å²) in [6, 6.07) is 4.51. The minimum absolute atomic E-state index is 0.0233. The fourth-order valence-corrected chi connectivity index (χ4v) is 1.37. The van der Waals surface area contributed by atoms with E-state index < -0.39 is 5.82 Å². The Kier molecular flexibility index (Phi) is 4.87. The summed E-state index contributed by atoms with van der Waals surface area (Å²) in [5.41, 5.74) is 0.572. The maximum absolute atomic E-state index is 13.2. The van der Waals surface area contributed by atoms with Crippen LogP contribution in [0, 0.1) is 17.7 Å². The Morgan fingerprint density at radius 3 is 2.88 bits per heavy atom. The molecule has 0 unspecified atom stereocenters. The van der Waals surface area contributed by atoms with Crippen molar-refractivity contribution in [2.75, 3.05) is 12.9 Å². The molecule has 0 bridgehead atoms. The molecule has 0 fully saturated rings. The molecular weight excluding hydrogens is 227 g/mol. The number of hydrogen-bond donors (Lipinski definition) is 0. The van der Waals surface area contributed by atoms with Crippen LogP contribution in [0.15, 0.2) is 18.2 Å². The molecule has 1 aromatic rings. The highest BCUT2D eigenvalue weighted by Crippen LogP contribution is 2.16. The zero-order valence-corrected chi connectivity index (χ0v) is 9.86. The zero-order valence-electron chi connectivity index (χ0n) is 9.04. The monoisotopic (exact) mass is 238 g/mol. The first-order chi connectivity index (χ1) is 7.63. The molecule has 0 amide bonds. The molecule has 0 atom stereocenters. The van der Waals surface area contributed by atoms with Crippen LogP contribution in [0.3, 0.4) is 0 Å². The van der Waals surface area contributed by atoms with Crippen LogP contribution in [0.1, 0.15) is 12.5 Å². The van der Waals surface area contributed by atoms with Gasteiger partial charge in [0.1, 0.15) is 0 Å². The molecule has 0 aliphatic rings. The van der Waals surface area contributed by atoms with E-state index in [2.05, 4.69) is 11.8 Å². The highest BCUT2D eigenvalue weighted by molar-refractivity contribution is 8.13. The Labute approximate surface area is 98.2 Å². The molecule has 1 rings (SSSR count). The summed E-state index contributed by atoms with van der Waals surface area (Å²) in [6.07, 6.45) is 0. The number of carbonyl (C=O) groups excluding carboxylic acids is 1. The molecule has 84 valence electrons. The molecule has 0 spiro atoms. The van der Waals surface area contributed by atoms with Gasteiger partial charge < -0.3 is 4.74 Å². The van der Waals surface area contributed by atoms with E-state index in [1.807, 2.05) is 0 Å². The molecule has 4 heteroatoms. The third kappa shape index (κ3) is 3.95. The Bertz CT molecular complexity index is 446. The van der Waals surface area contributed by atoms with Gasteiger partial charge in [0, 0.05) is 12.5 Å². The lowest BCUT2D eigenvalue weighted by molar-refractivity contribution is -0.109. The zero-order chi connectivity index (χ0) is 12.0. The molecule has 0 aliphatic carbocycles. The van der Waals surface area contributed by atoms with E-state index in [-0.39, 0.29) is 10.9 Å². The van der Waals surface area contributed by atoms with E-state index >= 15 is 0 Å². The Balaban J connectivity index is 2.67. The Morgan fingerprint density at radius 2 is 2.31 bits per heavy atom. The van der Waals surface area contributed by atoms with Gasteiger partial charge in [-0.15, -0.1) is 0 Å². The number of rotatable bonds is 2. The van der Waals surface area contributed by atoms with E-state index in [1.54, 1.807) is 6.07 Å². The van der Waals surface area contributed by atoms with Crippen molar-refractivity contribution in [3.63, 3.8) is 0 Å². The number of thioether (sulfide) groups is 1. The van der Waals surface area contributed by atoms with E-state index in [0.717, 1.165) is 11.8 Å². The molecule has 0 radical (unpaired) electrons. The summed E-state index contributed by atoms with van der Waals surface area (Å²) in [6.45, 7) is 1.49. The first kappa shape index (κ1) is 12.6. The summed E-state index contributed by atoms with van der Waals surface area (Å²) in [5.74, 6) is 5.74. The number of methoxy groups -OCH3 is 1. The van der Waals surface area contributed by atoms with Crippen molar-refractivity contribution >= 4 is 16.9 Å². The molecule has 0 saturated heterocycles. The third-order valence-electron chi connectivity index (χ3n) is 1.73. The summed E-state index contributed by atoms with van der Waals surface area (Å²) in [7, 11) is 1.41. The predicted octanol–water partition coefficient (Wildman–Crippen LogP) is 2.47. The van der Waals surface area contributed by atoms with E-state index in [1.165, 1.54) is 26.2 Å². The molecule has 0 heterocycles. The van der Waals surface area contributed by atoms with Gasteiger partial charge in [-0.2, -0.15) is 0 Å². The van der Waals surface area contributed by atoms with Gasteiger partial charge in [-0.25, -0.2) is 4.39 Å². The smallest absolute Gasteiger partial charge is 0.186 e. The molecule has 16 heavy (non-hydrogen) atoms. The van der Waals surface area contributed by atoms with Crippen LogP contribution in [-0.2, 0) is 4.79 Å². The van der Waals surface area contributed by atoms with Gasteiger partial charge in [-0.1, -0.05) is 23.6 Å². The average molecular weight is 238 g/mol. The van der Waals surface area contributed by atoms with Crippen molar-refractivity contribution in [2.24, 2.45) is 0 Å². The topological polar surface area (TPSA) is 26.3 Å². The summed E-state index contributed by atoms with van der Waals surface area (Å²) in [5, 5.41) is 0.0233. The van der Waals surface area contributed by atoms with Crippen LogP contribution in [0.2, 0.25) is 0 Å². The maximum Gasteiger partial charge on any atom is 0.186 e. The second-order valence-electron chi connectivity index (χ2n) is 2.93. The second kappa shape index (κ2) is 6.19. The van der Waals surface area contributed by atoms with Gasteiger partial charge in [0.2, 0.25) is 0 Å². The second-order valence-corrected chi connectivity index (χ2v) is 4.08. The lowest BCUT2D eigenvalue weighted by Crippen LogP contribution is -1.88. The quantitative estimate of drug-likeness (QED) is 0.740. The van der Waals surface area contributed by atoms with Crippen molar-refractivity contribution in [1.29, 1.82) is 0 Å². The number of carbonyl (C=O) groups is 1. The van der Waals surface area contributed by atoms with E-state index in [4.69, 9.17) is 4.74 Å². The fourth-order valence-electron chi connectivity index (χ4n) is 1.02. The molecular formula is C12H11FO2S.